The zero-order valence-electron chi connectivity index (χ0n) is 10.1. The Morgan fingerprint density at radius 2 is 1.68 bits per heavy atom. The largest absolute Gasteiger partial charge is 0.398 e. The van der Waals surface area contributed by atoms with Crippen molar-refractivity contribution in [2.24, 2.45) is 5.18 Å². The average Bonchev–Trinajstić information content (AvgIpc) is 2.34. The maximum absolute atomic E-state index is 10.6. The standard InChI is InChI=1S/C13H11I2N3O/c1-6-9(14)2-7(3-11(6)16)13-10(15)4-8(18-19)5-12(13)17/h2-5H,16-17H2,1H3. The number of nitrogen functional groups attached to an aromatic ring is 2. The molecule has 0 amide bonds. The second-order valence-corrected chi connectivity index (χ2v) is 6.48. The van der Waals surface area contributed by atoms with Crippen molar-refractivity contribution in [1.29, 1.82) is 0 Å². The van der Waals surface area contributed by atoms with E-state index in [1.807, 2.05) is 19.1 Å². The van der Waals surface area contributed by atoms with E-state index in [9.17, 15) is 4.91 Å². The number of rotatable bonds is 2. The van der Waals surface area contributed by atoms with Crippen molar-refractivity contribution in [3.05, 3.63) is 41.9 Å². The Labute approximate surface area is 138 Å². The van der Waals surface area contributed by atoms with Crippen LogP contribution in [-0.2, 0) is 0 Å². The number of halogens is 2. The monoisotopic (exact) mass is 479 g/mol. The summed E-state index contributed by atoms with van der Waals surface area (Å²) in [4.78, 5) is 10.6. The van der Waals surface area contributed by atoms with Crippen molar-refractivity contribution in [2.75, 3.05) is 11.5 Å². The molecule has 0 heterocycles. The molecule has 0 aliphatic carbocycles. The van der Waals surface area contributed by atoms with Gasteiger partial charge in [-0.3, -0.25) is 0 Å². The van der Waals surface area contributed by atoms with Crippen LogP contribution in [0.25, 0.3) is 11.1 Å². The van der Waals surface area contributed by atoms with Crippen LogP contribution in [0.15, 0.2) is 29.4 Å². The Hall–Kier alpha value is -0.900. The van der Waals surface area contributed by atoms with Crippen LogP contribution in [0.2, 0.25) is 0 Å². The van der Waals surface area contributed by atoms with E-state index in [4.69, 9.17) is 11.5 Å². The van der Waals surface area contributed by atoms with Crippen LogP contribution >= 0.6 is 45.2 Å². The first-order chi connectivity index (χ1) is 8.93. The molecule has 0 aromatic heterocycles. The SMILES string of the molecule is Cc1c(N)cc(-c2c(N)cc(N=O)cc2I)cc1I. The molecule has 0 radical (unpaired) electrons. The molecular formula is C13H11I2N3O. The number of nitrogens with two attached hydrogens (primary N) is 2. The van der Waals surface area contributed by atoms with Crippen LogP contribution in [-0.4, -0.2) is 0 Å². The first-order valence-electron chi connectivity index (χ1n) is 5.42. The molecule has 4 N–H and O–H groups in total. The lowest BCUT2D eigenvalue weighted by atomic mass is 10.0. The molecule has 0 saturated carbocycles. The highest BCUT2D eigenvalue weighted by Gasteiger charge is 2.12. The molecule has 0 spiro atoms. The van der Waals surface area contributed by atoms with Gasteiger partial charge in [-0.2, -0.15) is 0 Å². The summed E-state index contributed by atoms with van der Waals surface area (Å²) in [5.74, 6) is 0. The third-order valence-corrected chi connectivity index (χ3v) is 4.86. The van der Waals surface area contributed by atoms with Gasteiger partial charge in [0.2, 0.25) is 0 Å². The number of anilines is 2. The Morgan fingerprint density at radius 1 is 1.00 bits per heavy atom. The summed E-state index contributed by atoms with van der Waals surface area (Å²) in [7, 11) is 0. The van der Waals surface area contributed by atoms with Crippen LogP contribution in [0.5, 0.6) is 0 Å². The predicted octanol–water partition coefficient (Wildman–Crippen LogP) is 4.43. The molecular weight excluding hydrogens is 468 g/mol. The first-order valence-corrected chi connectivity index (χ1v) is 7.58. The highest BCUT2D eigenvalue weighted by molar-refractivity contribution is 14.1. The number of benzene rings is 2. The summed E-state index contributed by atoms with van der Waals surface area (Å²) in [6, 6.07) is 7.23. The van der Waals surface area contributed by atoms with E-state index in [0.29, 0.717) is 11.4 Å². The van der Waals surface area contributed by atoms with Crippen LogP contribution in [0, 0.1) is 19.0 Å². The molecule has 19 heavy (non-hydrogen) atoms. The maximum Gasteiger partial charge on any atom is 0.111 e. The van der Waals surface area contributed by atoms with Gasteiger partial charge in [0.25, 0.3) is 0 Å². The van der Waals surface area contributed by atoms with Crippen LogP contribution in [0.1, 0.15) is 5.56 Å². The van der Waals surface area contributed by atoms with E-state index >= 15 is 0 Å². The maximum atomic E-state index is 10.6. The number of nitroso groups, excluding NO2 is 1. The number of hydrogen-bond donors (Lipinski definition) is 2. The Balaban J connectivity index is 2.69. The van der Waals surface area contributed by atoms with Gasteiger partial charge in [0.1, 0.15) is 5.69 Å². The molecule has 0 aliphatic rings. The molecule has 2 aromatic carbocycles. The van der Waals surface area contributed by atoms with Crippen molar-refractivity contribution in [2.45, 2.75) is 6.92 Å². The minimum absolute atomic E-state index is 0.334. The third kappa shape index (κ3) is 2.83. The third-order valence-electron chi connectivity index (χ3n) is 2.88. The molecule has 98 valence electrons. The fourth-order valence-corrected chi connectivity index (χ4v) is 3.40. The normalized spacial score (nSPS) is 10.5. The van der Waals surface area contributed by atoms with Gasteiger partial charge in [0.05, 0.1) is 0 Å². The van der Waals surface area contributed by atoms with Gasteiger partial charge in [-0.1, -0.05) is 0 Å². The summed E-state index contributed by atoms with van der Waals surface area (Å²) in [6.45, 7) is 1.98. The van der Waals surface area contributed by atoms with E-state index < -0.39 is 0 Å². The summed E-state index contributed by atoms with van der Waals surface area (Å²) >= 11 is 4.40. The summed E-state index contributed by atoms with van der Waals surface area (Å²) in [6.07, 6.45) is 0. The molecule has 0 atom stereocenters. The average molecular weight is 479 g/mol. The molecule has 0 unspecified atom stereocenters. The molecule has 0 saturated heterocycles. The van der Waals surface area contributed by atoms with Crippen LogP contribution in [0.4, 0.5) is 17.1 Å². The predicted molar refractivity (Wildman–Crippen MR) is 96.3 cm³/mol. The van der Waals surface area contributed by atoms with E-state index in [0.717, 1.165) is 29.5 Å². The van der Waals surface area contributed by atoms with Gasteiger partial charge in [-0.15, -0.1) is 4.91 Å². The van der Waals surface area contributed by atoms with Crippen molar-refractivity contribution >= 4 is 62.2 Å². The molecule has 2 rings (SSSR count). The van der Waals surface area contributed by atoms with Gasteiger partial charge < -0.3 is 11.5 Å². The van der Waals surface area contributed by atoms with Gasteiger partial charge in [-0.25, -0.2) is 0 Å². The lowest BCUT2D eigenvalue weighted by Gasteiger charge is -2.12. The van der Waals surface area contributed by atoms with Gasteiger partial charge in [0, 0.05) is 24.1 Å². The summed E-state index contributed by atoms with van der Waals surface area (Å²) in [5.41, 5.74) is 16.5. The topological polar surface area (TPSA) is 81.5 Å². The van der Waals surface area contributed by atoms with Gasteiger partial charge >= 0.3 is 0 Å². The number of nitrogens with zero attached hydrogens (tertiary/aromatic N) is 1. The quantitative estimate of drug-likeness (QED) is 0.380. The van der Waals surface area contributed by atoms with Gasteiger partial charge in [-0.05, 0) is 92.7 Å². The van der Waals surface area contributed by atoms with E-state index in [1.165, 1.54) is 0 Å². The molecule has 2 aromatic rings. The fourth-order valence-electron chi connectivity index (χ4n) is 1.81. The van der Waals surface area contributed by atoms with E-state index in [2.05, 4.69) is 50.4 Å². The van der Waals surface area contributed by atoms with E-state index in [-0.39, 0.29) is 0 Å². The molecule has 6 heteroatoms. The van der Waals surface area contributed by atoms with Crippen molar-refractivity contribution in [3.8, 4) is 11.1 Å². The second-order valence-electron chi connectivity index (χ2n) is 4.16. The minimum Gasteiger partial charge on any atom is -0.398 e. The molecule has 0 aliphatic heterocycles. The molecule has 0 fully saturated rings. The first kappa shape index (κ1) is 14.5. The Kier molecular flexibility index (Phi) is 4.29. The minimum atomic E-state index is 0.334. The fraction of sp³-hybridized carbons (Fsp3) is 0.0769. The Morgan fingerprint density at radius 3 is 2.21 bits per heavy atom. The van der Waals surface area contributed by atoms with Crippen molar-refractivity contribution in [3.63, 3.8) is 0 Å². The van der Waals surface area contributed by atoms with Crippen LogP contribution in [0.3, 0.4) is 0 Å². The van der Waals surface area contributed by atoms with Crippen molar-refractivity contribution < 1.29 is 0 Å². The van der Waals surface area contributed by atoms with Crippen LogP contribution < -0.4 is 11.5 Å². The zero-order valence-corrected chi connectivity index (χ0v) is 14.4. The smallest absolute Gasteiger partial charge is 0.111 e. The zero-order chi connectivity index (χ0) is 14.2. The highest BCUT2D eigenvalue weighted by Crippen LogP contribution is 2.37. The summed E-state index contributed by atoms with van der Waals surface area (Å²) < 4.78 is 1.96. The van der Waals surface area contributed by atoms with E-state index in [1.54, 1.807) is 12.1 Å². The second kappa shape index (κ2) is 5.61. The number of hydrogen-bond acceptors (Lipinski definition) is 4. The van der Waals surface area contributed by atoms with Gasteiger partial charge in [0.15, 0.2) is 0 Å². The van der Waals surface area contributed by atoms with Crippen molar-refractivity contribution in [1.82, 2.24) is 0 Å². The molecule has 4 nitrogen and oxygen atoms in total. The summed E-state index contributed by atoms with van der Waals surface area (Å²) in [5, 5.41) is 2.92. The molecule has 0 bridgehead atoms. The lowest BCUT2D eigenvalue weighted by Crippen LogP contribution is -1.97. The lowest BCUT2D eigenvalue weighted by molar-refractivity contribution is 1.42. The highest BCUT2D eigenvalue weighted by atomic mass is 127. The Bertz CT molecular complexity index is 625.